The molecule has 4 amide bonds. The Morgan fingerprint density at radius 3 is 2.50 bits per heavy atom. The number of nitriles is 1. The summed E-state index contributed by atoms with van der Waals surface area (Å²) in [6.45, 7) is 0.306. The average Bonchev–Trinajstić information content (AvgIpc) is 2.37. The zero-order valence-corrected chi connectivity index (χ0v) is 11.4. The summed E-state index contributed by atoms with van der Waals surface area (Å²) in [6, 6.07) is -1.19. The molecule has 0 rings (SSSR count). The van der Waals surface area contributed by atoms with Gasteiger partial charge in [0.05, 0.1) is 20.0 Å². The molecule has 0 saturated carbocycles. The van der Waals surface area contributed by atoms with Crippen molar-refractivity contribution in [3.05, 3.63) is 0 Å². The number of guanidine groups is 1. The normalized spacial score (nSPS) is 10.3. The maximum Gasteiger partial charge on any atom is 0.319 e. The molecular formula is C9H19N9O2. The third kappa shape index (κ3) is 6.87. The van der Waals surface area contributed by atoms with Gasteiger partial charge in [0.1, 0.15) is 0 Å². The summed E-state index contributed by atoms with van der Waals surface area (Å²) in [4.78, 5) is 28.3. The van der Waals surface area contributed by atoms with E-state index in [4.69, 9.17) is 16.7 Å². The lowest BCUT2D eigenvalue weighted by molar-refractivity contribution is 0.183. The summed E-state index contributed by atoms with van der Waals surface area (Å²) in [5.41, 5.74) is 10.4. The Balaban J connectivity index is 4.41. The van der Waals surface area contributed by atoms with E-state index < -0.39 is 12.1 Å². The van der Waals surface area contributed by atoms with Gasteiger partial charge in [0.2, 0.25) is 12.2 Å². The summed E-state index contributed by atoms with van der Waals surface area (Å²) >= 11 is 0. The first-order valence-electron chi connectivity index (χ1n) is 5.56. The lowest BCUT2D eigenvalue weighted by atomic mass is 10.6. The molecule has 0 unspecified atom stereocenters. The molecule has 0 aromatic heterocycles. The second kappa shape index (κ2) is 9.22. The van der Waals surface area contributed by atoms with Crippen molar-refractivity contribution in [3.8, 4) is 6.19 Å². The number of nitrogens with one attached hydrogen (secondary N) is 3. The van der Waals surface area contributed by atoms with E-state index in [0.29, 0.717) is 6.67 Å². The highest BCUT2D eigenvalue weighted by Crippen LogP contribution is 1.92. The van der Waals surface area contributed by atoms with Gasteiger partial charge in [-0.3, -0.25) is 0 Å². The van der Waals surface area contributed by atoms with Crippen molar-refractivity contribution in [2.24, 2.45) is 16.5 Å². The van der Waals surface area contributed by atoms with E-state index in [2.05, 4.69) is 20.9 Å². The summed E-state index contributed by atoms with van der Waals surface area (Å²) < 4.78 is 0. The Morgan fingerprint density at radius 1 is 1.35 bits per heavy atom. The van der Waals surface area contributed by atoms with Crippen LogP contribution in [0.2, 0.25) is 0 Å². The SMILES string of the molecule is CNCN(CN(C)C(=O)NCNC(N)=O)/C(N)=N\C#N. The minimum Gasteiger partial charge on any atom is -0.369 e. The summed E-state index contributed by atoms with van der Waals surface area (Å²) in [7, 11) is 3.20. The molecule has 0 radical (unpaired) electrons. The predicted octanol–water partition coefficient (Wildman–Crippen LogP) is -2.51. The van der Waals surface area contributed by atoms with Gasteiger partial charge >= 0.3 is 12.1 Å². The highest BCUT2D eigenvalue weighted by atomic mass is 16.2. The van der Waals surface area contributed by atoms with Crippen LogP contribution in [0.5, 0.6) is 0 Å². The number of hydrogen-bond donors (Lipinski definition) is 5. The standard InChI is InChI=1S/C9H19N9O2/c1-13-5-18(7(11)14-3-10)6-17(2)9(20)16-4-15-8(12)19/h13H,4-6H2,1-2H3,(H2,11,14)(H,16,20)(H3,12,15,19). The first kappa shape index (κ1) is 17.3. The van der Waals surface area contributed by atoms with Gasteiger partial charge in [-0.1, -0.05) is 0 Å². The molecule has 0 aliphatic carbocycles. The molecule has 0 aliphatic rings. The molecule has 0 atom stereocenters. The number of rotatable bonds is 6. The number of nitrogens with two attached hydrogens (primary N) is 2. The van der Waals surface area contributed by atoms with E-state index in [1.165, 1.54) is 16.8 Å². The Kier molecular flexibility index (Phi) is 7.96. The molecular weight excluding hydrogens is 266 g/mol. The Morgan fingerprint density at radius 2 is 2.00 bits per heavy atom. The Hall–Kier alpha value is -2.74. The van der Waals surface area contributed by atoms with E-state index in [0.717, 1.165) is 0 Å². The van der Waals surface area contributed by atoms with Gasteiger partial charge < -0.3 is 37.2 Å². The van der Waals surface area contributed by atoms with Crippen molar-refractivity contribution in [3.63, 3.8) is 0 Å². The lowest BCUT2D eigenvalue weighted by Gasteiger charge is -2.28. The van der Waals surface area contributed by atoms with Crippen LogP contribution in [0, 0.1) is 11.5 Å². The van der Waals surface area contributed by atoms with Crippen LogP contribution >= 0.6 is 0 Å². The molecule has 0 aromatic carbocycles. The van der Waals surface area contributed by atoms with E-state index in [9.17, 15) is 9.59 Å². The maximum atomic E-state index is 11.7. The van der Waals surface area contributed by atoms with Crippen molar-refractivity contribution in [2.45, 2.75) is 0 Å². The smallest absolute Gasteiger partial charge is 0.319 e. The van der Waals surface area contributed by atoms with Gasteiger partial charge in [0.15, 0.2) is 0 Å². The highest BCUT2D eigenvalue weighted by Gasteiger charge is 2.14. The molecule has 0 aliphatic heterocycles. The number of aliphatic imine (C=N–C) groups is 1. The number of hydrogen-bond acceptors (Lipinski definition) is 5. The van der Waals surface area contributed by atoms with Crippen LogP contribution in [0.25, 0.3) is 0 Å². The molecule has 0 saturated heterocycles. The molecule has 7 N–H and O–H groups in total. The number of carbonyl (C=O) groups excluding carboxylic acids is 2. The summed E-state index contributed by atoms with van der Waals surface area (Å²) in [6.07, 6.45) is 1.57. The largest absolute Gasteiger partial charge is 0.369 e. The first-order chi connectivity index (χ1) is 9.42. The number of carbonyl (C=O) groups is 2. The molecule has 0 fully saturated rings. The molecule has 0 spiro atoms. The third-order valence-electron chi connectivity index (χ3n) is 2.07. The Labute approximate surface area is 116 Å². The molecule has 20 heavy (non-hydrogen) atoms. The number of primary amides is 1. The third-order valence-corrected chi connectivity index (χ3v) is 2.07. The fraction of sp³-hybridized carbons (Fsp3) is 0.556. The van der Waals surface area contributed by atoms with Gasteiger partial charge in [-0.05, 0) is 7.05 Å². The van der Waals surface area contributed by atoms with Crippen LogP contribution < -0.4 is 27.4 Å². The monoisotopic (exact) mass is 285 g/mol. The van der Waals surface area contributed by atoms with Crippen molar-refractivity contribution in [2.75, 3.05) is 34.1 Å². The number of amides is 4. The molecule has 112 valence electrons. The van der Waals surface area contributed by atoms with Gasteiger partial charge in [-0.15, -0.1) is 4.99 Å². The zero-order valence-electron chi connectivity index (χ0n) is 11.4. The van der Waals surface area contributed by atoms with Gasteiger partial charge in [-0.25, -0.2) is 9.59 Å². The lowest BCUT2D eigenvalue weighted by Crippen LogP contribution is -2.52. The van der Waals surface area contributed by atoms with E-state index in [-0.39, 0.29) is 19.3 Å². The van der Waals surface area contributed by atoms with Crippen molar-refractivity contribution in [1.29, 1.82) is 5.26 Å². The van der Waals surface area contributed by atoms with E-state index in [1.807, 2.05) is 0 Å². The maximum absolute atomic E-state index is 11.7. The van der Waals surface area contributed by atoms with Gasteiger partial charge in [0.25, 0.3) is 0 Å². The Bertz CT molecular complexity index is 403. The fourth-order valence-electron chi connectivity index (χ4n) is 1.18. The van der Waals surface area contributed by atoms with E-state index in [1.54, 1.807) is 13.2 Å². The second-order valence-corrected chi connectivity index (χ2v) is 3.66. The highest BCUT2D eigenvalue weighted by molar-refractivity contribution is 5.80. The van der Waals surface area contributed by atoms with Crippen LogP contribution in [0.3, 0.4) is 0 Å². The van der Waals surface area contributed by atoms with Crippen molar-refractivity contribution >= 4 is 18.0 Å². The molecule has 11 nitrogen and oxygen atoms in total. The van der Waals surface area contributed by atoms with Crippen LogP contribution in [-0.2, 0) is 0 Å². The summed E-state index contributed by atoms with van der Waals surface area (Å²) in [5, 5.41) is 15.9. The minimum atomic E-state index is -0.741. The van der Waals surface area contributed by atoms with Crippen LogP contribution in [0.4, 0.5) is 9.59 Å². The molecule has 0 bridgehead atoms. The predicted molar refractivity (Wildman–Crippen MR) is 71.7 cm³/mol. The molecule has 0 aromatic rings. The fourth-order valence-corrected chi connectivity index (χ4v) is 1.18. The first-order valence-corrected chi connectivity index (χ1v) is 5.56. The number of nitrogens with zero attached hydrogens (tertiary/aromatic N) is 4. The average molecular weight is 285 g/mol. The van der Waals surface area contributed by atoms with Crippen LogP contribution in [-0.4, -0.2) is 61.9 Å². The second-order valence-electron chi connectivity index (χ2n) is 3.66. The molecule has 11 heteroatoms. The number of urea groups is 2. The quantitative estimate of drug-likeness (QED) is 0.156. The van der Waals surface area contributed by atoms with Gasteiger partial charge in [-0.2, -0.15) is 5.26 Å². The summed E-state index contributed by atoms with van der Waals surface area (Å²) in [5.74, 6) is -0.0169. The van der Waals surface area contributed by atoms with Crippen LogP contribution in [0.1, 0.15) is 0 Å². The van der Waals surface area contributed by atoms with Crippen LogP contribution in [0.15, 0.2) is 4.99 Å². The van der Waals surface area contributed by atoms with E-state index >= 15 is 0 Å². The van der Waals surface area contributed by atoms with Gasteiger partial charge in [0, 0.05) is 7.05 Å². The van der Waals surface area contributed by atoms with Crippen molar-refractivity contribution in [1.82, 2.24) is 25.8 Å². The molecule has 0 heterocycles. The minimum absolute atomic E-state index is 0.0169. The van der Waals surface area contributed by atoms with Crippen molar-refractivity contribution < 1.29 is 9.59 Å². The zero-order chi connectivity index (χ0) is 15.5. The topological polar surface area (TPSA) is 165 Å².